The Morgan fingerprint density at radius 3 is 2.44 bits per heavy atom. The molecule has 1 aliphatic heterocycles. The molecule has 0 spiro atoms. The van der Waals surface area contributed by atoms with E-state index in [0.29, 0.717) is 42.0 Å². The molecule has 1 fully saturated rings. The van der Waals surface area contributed by atoms with Gasteiger partial charge in [0, 0.05) is 31.3 Å². The van der Waals surface area contributed by atoms with Gasteiger partial charge in [0.25, 0.3) is 11.8 Å². The lowest BCUT2D eigenvalue weighted by atomic mass is 10.1. The Hall–Kier alpha value is -3.62. The van der Waals surface area contributed by atoms with Crippen molar-refractivity contribution in [2.24, 2.45) is 0 Å². The first-order chi connectivity index (χ1) is 15.4. The SMILES string of the molecule is COc1ccc(C(=O)N2CCC[C@@H]2C(=O)NCCNC(=O)c2ccc(F)cc2)c(OC)c1. The van der Waals surface area contributed by atoms with Crippen molar-refractivity contribution in [1.29, 1.82) is 0 Å². The van der Waals surface area contributed by atoms with Crippen LogP contribution in [0.3, 0.4) is 0 Å². The number of methoxy groups -OCH3 is 2. The van der Waals surface area contributed by atoms with E-state index in [1.54, 1.807) is 18.2 Å². The molecule has 8 nitrogen and oxygen atoms in total. The van der Waals surface area contributed by atoms with Crippen LogP contribution in [-0.4, -0.2) is 62.5 Å². The number of benzene rings is 2. The van der Waals surface area contributed by atoms with Gasteiger partial charge in [-0.05, 0) is 49.2 Å². The van der Waals surface area contributed by atoms with E-state index >= 15 is 0 Å². The molecule has 0 aliphatic carbocycles. The molecule has 3 amide bonds. The highest BCUT2D eigenvalue weighted by molar-refractivity contribution is 6.00. The van der Waals surface area contributed by atoms with Gasteiger partial charge in [-0.15, -0.1) is 0 Å². The molecule has 2 N–H and O–H groups in total. The van der Waals surface area contributed by atoms with Crippen LogP contribution in [0.2, 0.25) is 0 Å². The Labute approximate surface area is 185 Å². The topological polar surface area (TPSA) is 97.0 Å². The van der Waals surface area contributed by atoms with Crippen molar-refractivity contribution < 1.29 is 28.2 Å². The zero-order valence-corrected chi connectivity index (χ0v) is 18.0. The first-order valence-electron chi connectivity index (χ1n) is 10.3. The normalized spacial score (nSPS) is 15.2. The molecule has 1 heterocycles. The van der Waals surface area contributed by atoms with E-state index in [0.717, 1.165) is 0 Å². The average Bonchev–Trinajstić information content (AvgIpc) is 3.31. The number of hydrogen-bond donors (Lipinski definition) is 2. The molecule has 0 unspecified atom stereocenters. The van der Waals surface area contributed by atoms with Gasteiger partial charge in [-0.1, -0.05) is 0 Å². The maximum atomic E-state index is 13.1. The van der Waals surface area contributed by atoms with Crippen molar-refractivity contribution in [2.75, 3.05) is 33.9 Å². The van der Waals surface area contributed by atoms with Crippen LogP contribution in [0.1, 0.15) is 33.6 Å². The number of likely N-dealkylation sites (tertiary alicyclic amines) is 1. The van der Waals surface area contributed by atoms with Crippen molar-refractivity contribution in [1.82, 2.24) is 15.5 Å². The van der Waals surface area contributed by atoms with Crippen LogP contribution in [0, 0.1) is 5.82 Å². The zero-order chi connectivity index (χ0) is 23.1. The van der Waals surface area contributed by atoms with Crippen molar-refractivity contribution in [3.63, 3.8) is 0 Å². The third-order valence-electron chi connectivity index (χ3n) is 5.27. The first kappa shape index (κ1) is 23.1. The maximum Gasteiger partial charge on any atom is 0.258 e. The van der Waals surface area contributed by atoms with Crippen LogP contribution >= 0.6 is 0 Å². The van der Waals surface area contributed by atoms with E-state index in [4.69, 9.17) is 9.47 Å². The predicted octanol–water partition coefficient (Wildman–Crippen LogP) is 1.99. The molecule has 2 aromatic carbocycles. The number of nitrogens with zero attached hydrogens (tertiary/aromatic N) is 1. The van der Waals surface area contributed by atoms with Crippen molar-refractivity contribution in [2.45, 2.75) is 18.9 Å². The lowest BCUT2D eigenvalue weighted by Crippen LogP contribution is -2.47. The summed E-state index contributed by atoms with van der Waals surface area (Å²) >= 11 is 0. The van der Waals surface area contributed by atoms with Gasteiger partial charge in [-0.3, -0.25) is 14.4 Å². The highest BCUT2D eigenvalue weighted by atomic mass is 19.1. The second kappa shape index (κ2) is 10.6. The van der Waals surface area contributed by atoms with Crippen molar-refractivity contribution >= 4 is 17.7 Å². The molecule has 32 heavy (non-hydrogen) atoms. The summed E-state index contributed by atoms with van der Waals surface area (Å²) in [5.41, 5.74) is 0.693. The number of nitrogens with one attached hydrogen (secondary N) is 2. The minimum Gasteiger partial charge on any atom is -0.497 e. The Bertz CT molecular complexity index is 980. The van der Waals surface area contributed by atoms with E-state index in [1.165, 1.54) is 43.4 Å². The molecule has 2 aromatic rings. The largest absolute Gasteiger partial charge is 0.497 e. The summed E-state index contributed by atoms with van der Waals surface area (Å²) in [7, 11) is 3.00. The average molecular weight is 443 g/mol. The molecule has 1 atom stereocenters. The zero-order valence-electron chi connectivity index (χ0n) is 18.0. The molecule has 0 radical (unpaired) electrons. The number of rotatable bonds is 8. The second-order valence-electron chi connectivity index (χ2n) is 7.28. The molecule has 9 heteroatoms. The standard InChI is InChI=1S/C23H26FN3O5/c1-31-17-9-10-18(20(14-17)32-2)23(30)27-13-3-4-19(27)22(29)26-12-11-25-21(28)15-5-7-16(24)8-6-15/h5-10,14,19H,3-4,11-13H2,1-2H3,(H,25,28)(H,26,29)/t19-/m1/s1. The third kappa shape index (κ3) is 5.35. The molecule has 0 aromatic heterocycles. The molecule has 170 valence electrons. The number of amides is 3. The van der Waals surface area contributed by atoms with Crippen LogP contribution in [-0.2, 0) is 4.79 Å². The number of carbonyl (C=O) groups is 3. The van der Waals surface area contributed by atoms with E-state index in [1.807, 2.05) is 0 Å². The first-order valence-corrected chi connectivity index (χ1v) is 10.3. The summed E-state index contributed by atoms with van der Waals surface area (Å²) in [5, 5.41) is 5.43. The van der Waals surface area contributed by atoms with E-state index in [9.17, 15) is 18.8 Å². The smallest absolute Gasteiger partial charge is 0.258 e. The minimum absolute atomic E-state index is 0.203. The van der Waals surface area contributed by atoms with Gasteiger partial charge in [-0.2, -0.15) is 0 Å². The van der Waals surface area contributed by atoms with Crippen molar-refractivity contribution in [3.8, 4) is 11.5 Å². The molecule has 3 rings (SSSR count). The quantitative estimate of drug-likeness (QED) is 0.609. The number of carbonyl (C=O) groups excluding carboxylic acids is 3. The number of hydrogen-bond acceptors (Lipinski definition) is 5. The number of ether oxygens (including phenoxy) is 2. The van der Waals surface area contributed by atoms with Crippen LogP contribution in [0.4, 0.5) is 4.39 Å². The van der Waals surface area contributed by atoms with E-state index in [-0.39, 0.29) is 30.8 Å². The fourth-order valence-corrected chi connectivity index (χ4v) is 3.60. The monoisotopic (exact) mass is 443 g/mol. The van der Waals surface area contributed by atoms with Crippen molar-refractivity contribution in [3.05, 3.63) is 59.4 Å². The Morgan fingerprint density at radius 1 is 1.03 bits per heavy atom. The molecule has 1 saturated heterocycles. The fourth-order valence-electron chi connectivity index (χ4n) is 3.60. The van der Waals surface area contributed by atoms with E-state index in [2.05, 4.69) is 10.6 Å². The molecular formula is C23H26FN3O5. The van der Waals surface area contributed by atoms with Gasteiger partial charge in [0.2, 0.25) is 5.91 Å². The third-order valence-corrected chi connectivity index (χ3v) is 5.27. The molecular weight excluding hydrogens is 417 g/mol. The Kier molecular flexibility index (Phi) is 7.64. The molecule has 0 bridgehead atoms. The minimum atomic E-state index is -0.595. The van der Waals surface area contributed by atoms with Gasteiger partial charge in [0.1, 0.15) is 23.4 Å². The Balaban J connectivity index is 1.54. The van der Waals surface area contributed by atoms with Gasteiger partial charge >= 0.3 is 0 Å². The lowest BCUT2D eigenvalue weighted by molar-refractivity contribution is -0.124. The predicted molar refractivity (Wildman–Crippen MR) is 115 cm³/mol. The molecule has 0 saturated carbocycles. The van der Waals surface area contributed by atoms with Crippen LogP contribution in [0.25, 0.3) is 0 Å². The van der Waals surface area contributed by atoms with Crippen LogP contribution in [0.15, 0.2) is 42.5 Å². The van der Waals surface area contributed by atoms with E-state index < -0.39 is 11.9 Å². The summed E-state index contributed by atoms with van der Waals surface area (Å²) in [6.45, 7) is 0.873. The number of halogens is 1. The Morgan fingerprint density at radius 2 is 1.75 bits per heavy atom. The van der Waals surface area contributed by atoms with Gasteiger partial charge in [0.05, 0.1) is 19.8 Å². The summed E-state index contributed by atoms with van der Waals surface area (Å²) in [6.07, 6.45) is 1.27. The highest BCUT2D eigenvalue weighted by Gasteiger charge is 2.35. The second-order valence-corrected chi connectivity index (χ2v) is 7.28. The summed E-state index contributed by atoms with van der Waals surface area (Å²) in [6, 6.07) is 9.52. The molecule has 1 aliphatic rings. The van der Waals surface area contributed by atoms with Gasteiger partial charge < -0.3 is 25.0 Å². The fraction of sp³-hybridized carbons (Fsp3) is 0.348. The van der Waals surface area contributed by atoms with Crippen LogP contribution in [0.5, 0.6) is 11.5 Å². The highest BCUT2D eigenvalue weighted by Crippen LogP contribution is 2.28. The summed E-state index contributed by atoms with van der Waals surface area (Å²) in [4.78, 5) is 39.4. The van der Waals surface area contributed by atoms with Crippen LogP contribution < -0.4 is 20.1 Å². The van der Waals surface area contributed by atoms with Gasteiger partial charge in [0.15, 0.2) is 0 Å². The summed E-state index contributed by atoms with van der Waals surface area (Å²) < 4.78 is 23.4. The van der Waals surface area contributed by atoms with Gasteiger partial charge in [-0.25, -0.2) is 4.39 Å². The maximum absolute atomic E-state index is 13.1. The summed E-state index contributed by atoms with van der Waals surface area (Å²) in [5.74, 6) is -0.396. The lowest BCUT2D eigenvalue weighted by Gasteiger charge is -2.25.